The molecule has 5 rings (SSSR count). The molecular weight excluding hydrogens is 469 g/mol. The molecule has 10 nitrogen and oxygen atoms in total. The lowest BCUT2D eigenvalue weighted by Gasteiger charge is -2.51. The first kappa shape index (κ1) is 24.4. The summed E-state index contributed by atoms with van der Waals surface area (Å²) >= 11 is 0. The molecule has 2 aliphatic heterocycles. The number of aliphatic hydroxyl groups is 1. The molecule has 1 amide bonds. The summed E-state index contributed by atoms with van der Waals surface area (Å²) in [5.41, 5.74) is -1.64. The van der Waals surface area contributed by atoms with E-state index in [4.69, 9.17) is 4.74 Å². The van der Waals surface area contributed by atoms with Gasteiger partial charge in [-0.3, -0.25) is 19.1 Å². The Kier molecular flexibility index (Phi) is 5.87. The highest BCUT2D eigenvalue weighted by molar-refractivity contribution is 5.97. The number of aromatic nitrogens is 4. The van der Waals surface area contributed by atoms with E-state index in [-0.39, 0.29) is 25.0 Å². The van der Waals surface area contributed by atoms with Gasteiger partial charge in [-0.15, -0.1) is 0 Å². The van der Waals surface area contributed by atoms with Crippen molar-refractivity contribution in [3.63, 3.8) is 0 Å². The van der Waals surface area contributed by atoms with E-state index in [9.17, 15) is 23.9 Å². The molecule has 36 heavy (non-hydrogen) atoms. The van der Waals surface area contributed by atoms with Gasteiger partial charge in [0.15, 0.2) is 0 Å². The first-order chi connectivity index (χ1) is 17.0. The summed E-state index contributed by atoms with van der Waals surface area (Å²) in [6.45, 7) is 6.61. The number of benzene rings is 1. The lowest BCUT2D eigenvalue weighted by atomic mass is 9.75. The lowest BCUT2D eigenvalue weighted by Crippen LogP contribution is -2.59. The smallest absolute Gasteiger partial charge is 0.328 e. The number of piperidine rings is 1. The first-order valence-electron chi connectivity index (χ1n) is 12.1. The Morgan fingerprint density at radius 3 is 2.67 bits per heavy atom. The Hall–Kier alpha value is -3.31. The van der Waals surface area contributed by atoms with E-state index < -0.39 is 34.3 Å². The molecular formula is C25H30FN5O5. The minimum atomic E-state index is -1.39. The number of rotatable bonds is 3. The number of amides is 1. The molecule has 1 spiro atoms. The zero-order valence-corrected chi connectivity index (χ0v) is 20.5. The summed E-state index contributed by atoms with van der Waals surface area (Å²) in [7, 11) is 0. The fourth-order valence-corrected chi connectivity index (χ4v) is 5.53. The first-order valence-corrected chi connectivity index (χ1v) is 12.1. The molecule has 2 saturated heterocycles. The Balaban J connectivity index is 1.28. The second-order valence-corrected chi connectivity index (χ2v) is 10.4. The van der Waals surface area contributed by atoms with Crippen LogP contribution in [-0.4, -0.2) is 65.9 Å². The molecule has 0 saturated carbocycles. The molecule has 0 bridgehead atoms. The molecule has 2 fully saturated rings. The third kappa shape index (κ3) is 4.16. The highest BCUT2D eigenvalue weighted by Gasteiger charge is 2.50. The standard InChI is InChI=1S/C25H30FN5O5/c1-15(2)31-14-27-18-10-16(4-5-19(18)31)22(33)29-8-6-25(7-9-29)13-24(3,35)20(12-36-25)30-11-17(26)21(32)28-23(30)34/h4-5,10-11,14-15,20,35H,6-9,12-13H2,1-3H3,(H,28,32,34)/t20-,24-/m1/s1. The summed E-state index contributed by atoms with van der Waals surface area (Å²) < 4.78 is 23.0. The van der Waals surface area contributed by atoms with Gasteiger partial charge >= 0.3 is 5.69 Å². The van der Waals surface area contributed by atoms with Gasteiger partial charge in [-0.25, -0.2) is 9.78 Å². The van der Waals surface area contributed by atoms with E-state index in [1.165, 1.54) is 0 Å². The number of aromatic amines is 1. The maximum Gasteiger partial charge on any atom is 0.328 e. The Morgan fingerprint density at radius 1 is 1.28 bits per heavy atom. The SMILES string of the molecule is CC(C)n1cnc2cc(C(=O)N3CCC4(CC3)C[C@@](C)(O)[C@H](n3cc(F)c(=O)[nH]c3=O)CO4)ccc21. The van der Waals surface area contributed by atoms with Crippen LogP contribution in [0.3, 0.4) is 0 Å². The average Bonchev–Trinajstić information content (AvgIpc) is 3.25. The zero-order valence-electron chi connectivity index (χ0n) is 20.5. The van der Waals surface area contributed by atoms with Gasteiger partial charge in [0.2, 0.25) is 5.82 Å². The van der Waals surface area contributed by atoms with Crippen LogP contribution in [0.5, 0.6) is 0 Å². The summed E-state index contributed by atoms with van der Waals surface area (Å²) in [6.07, 6.45) is 3.83. The van der Waals surface area contributed by atoms with Gasteiger partial charge in [0, 0.05) is 31.1 Å². The monoisotopic (exact) mass is 499 g/mol. The van der Waals surface area contributed by atoms with Crippen molar-refractivity contribution in [3.8, 4) is 0 Å². The number of likely N-dealkylation sites (tertiary alicyclic amines) is 1. The van der Waals surface area contributed by atoms with Gasteiger partial charge in [0.05, 0.1) is 47.4 Å². The third-order valence-electron chi connectivity index (χ3n) is 7.55. The largest absolute Gasteiger partial charge is 0.388 e. The number of hydrogen-bond acceptors (Lipinski definition) is 6. The normalized spacial score (nSPS) is 24.1. The van der Waals surface area contributed by atoms with Crippen LogP contribution in [0.15, 0.2) is 40.3 Å². The number of halogens is 1. The van der Waals surface area contributed by atoms with Crippen molar-refractivity contribution in [3.05, 3.63) is 62.9 Å². The molecule has 192 valence electrons. The maximum atomic E-state index is 13.8. The van der Waals surface area contributed by atoms with Gasteiger partial charge in [-0.1, -0.05) is 0 Å². The van der Waals surface area contributed by atoms with Crippen molar-refractivity contribution >= 4 is 16.9 Å². The summed E-state index contributed by atoms with van der Waals surface area (Å²) in [5.74, 6) is -1.19. The minimum Gasteiger partial charge on any atom is -0.388 e. The Labute approximate surface area is 206 Å². The predicted octanol–water partition coefficient (Wildman–Crippen LogP) is 1.99. The molecule has 0 aliphatic carbocycles. The number of fused-ring (bicyclic) bond motifs is 1. The number of carbonyl (C=O) groups excluding carboxylic acids is 1. The van der Waals surface area contributed by atoms with Crippen LogP contribution < -0.4 is 11.2 Å². The maximum absolute atomic E-state index is 13.8. The van der Waals surface area contributed by atoms with Crippen LogP contribution in [0.4, 0.5) is 4.39 Å². The van der Waals surface area contributed by atoms with E-state index in [0.717, 1.165) is 21.8 Å². The third-order valence-corrected chi connectivity index (χ3v) is 7.55. The minimum absolute atomic E-state index is 0.0263. The van der Waals surface area contributed by atoms with Crippen LogP contribution in [0.2, 0.25) is 0 Å². The van der Waals surface area contributed by atoms with E-state index in [1.807, 2.05) is 23.2 Å². The Morgan fingerprint density at radius 2 is 2.00 bits per heavy atom. The number of H-pyrrole nitrogens is 1. The van der Waals surface area contributed by atoms with E-state index >= 15 is 0 Å². The van der Waals surface area contributed by atoms with Crippen LogP contribution in [0.1, 0.15) is 62.5 Å². The second kappa shape index (κ2) is 8.67. The number of nitrogens with one attached hydrogen (secondary N) is 1. The number of ether oxygens (including phenoxy) is 1. The van der Waals surface area contributed by atoms with Gasteiger partial charge < -0.3 is 19.3 Å². The molecule has 2 aliphatic rings. The van der Waals surface area contributed by atoms with Crippen molar-refractivity contribution in [2.45, 2.75) is 63.3 Å². The summed E-state index contributed by atoms with van der Waals surface area (Å²) in [4.78, 5) is 45.0. The molecule has 4 heterocycles. The van der Waals surface area contributed by atoms with Crippen molar-refractivity contribution in [1.29, 1.82) is 0 Å². The molecule has 2 N–H and O–H groups in total. The summed E-state index contributed by atoms with van der Waals surface area (Å²) in [5, 5.41) is 11.2. The fourth-order valence-electron chi connectivity index (χ4n) is 5.53. The van der Waals surface area contributed by atoms with Crippen molar-refractivity contribution < 1.29 is 19.0 Å². The van der Waals surface area contributed by atoms with E-state index in [0.29, 0.717) is 31.5 Å². The predicted molar refractivity (Wildman–Crippen MR) is 129 cm³/mol. The average molecular weight is 500 g/mol. The van der Waals surface area contributed by atoms with Gasteiger partial charge in [-0.2, -0.15) is 4.39 Å². The summed E-state index contributed by atoms with van der Waals surface area (Å²) in [6, 6.07) is 4.96. The zero-order chi connectivity index (χ0) is 25.8. The molecule has 11 heteroatoms. The van der Waals surface area contributed by atoms with Gasteiger partial charge in [-0.05, 0) is 51.8 Å². The fraction of sp³-hybridized carbons (Fsp3) is 0.520. The van der Waals surface area contributed by atoms with Crippen LogP contribution >= 0.6 is 0 Å². The second-order valence-electron chi connectivity index (χ2n) is 10.4. The van der Waals surface area contributed by atoms with E-state index in [2.05, 4.69) is 23.4 Å². The van der Waals surface area contributed by atoms with Gasteiger partial charge in [0.1, 0.15) is 0 Å². The molecule has 0 unspecified atom stereocenters. The number of imidazole rings is 1. The molecule has 2 aromatic heterocycles. The Bertz CT molecular complexity index is 1430. The van der Waals surface area contributed by atoms with Crippen LogP contribution in [0.25, 0.3) is 11.0 Å². The molecule has 2 atom stereocenters. The van der Waals surface area contributed by atoms with Gasteiger partial charge in [0.25, 0.3) is 11.5 Å². The lowest BCUT2D eigenvalue weighted by molar-refractivity contribution is -0.195. The quantitative estimate of drug-likeness (QED) is 0.568. The van der Waals surface area contributed by atoms with E-state index in [1.54, 1.807) is 18.2 Å². The molecule has 0 radical (unpaired) electrons. The van der Waals surface area contributed by atoms with Crippen molar-refractivity contribution in [1.82, 2.24) is 24.0 Å². The van der Waals surface area contributed by atoms with Crippen molar-refractivity contribution in [2.24, 2.45) is 0 Å². The molecule has 3 aromatic rings. The van der Waals surface area contributed by atoms with Crippen LogP contribution in [-0.2, 0) is 4.74 Å². The highest BCUT2D eigenvalue weighted by atomic mass is 19.1. The topological polar surface area (TPSA) is 122 Å². The number of nitrogens with zero attached hydrogens (tertiary/aromatic N) is 4. The number of hydrogen-bond donors (Lipinski definition) is 2. The van der Waals surface area contributed by atoms with Crippen LogP contribution in [0, 0.1) is 5.82 Å². The number of carbonyl (C=O) groups is 1. The molecule has 1 aromatic carbocycles. The van der Waals surface area contributed by atoms with Crippen molar-refractivity contribution in [2.75, 3.05) is 19.7 Å². The highest BCUT2D eigenvalue weighted by Crippen LogP contribution is 2.43.